The molecule has 2 aliphatic heterocycles. The normalized spacial score (nSPS) is 36.7. The third kappa shape index (κ3) is 1.27. The molecular formula is C9H10N4O9. The zero-order valence-corrected chi connectivity index (χ0v) is 10.9. The van der Waals surface area contributed by atoms with Crippen LogP contribution in [0.5, 0.6) is 0 Å². The maximum atomic E-state index is 11.3. The fourth-order valence-electron chi connectivity index (χ4n) is 4.33. The summed E-state index contributed by atoms with van der Waals surface area (Å²) in [4.78, 5) is 41.1. The number of ether oxygens (including phenoxy) is 1. The molecule has 4 aliphatic rings. The average Bonchev–Trinajstić information content (AvgIpc) is 2.36. The van der Waals surface area contributed by atoms with E-state index < -0.39 is 67.9 Å². The molecule has 4 atom stereocenters. The van der Waals surface area contributed by atoms with Crippen molar-refractivity contribution in [3.8, 4) is 0 Å². The summed E-state index contributed by atoms with van der Waals surface area (Å²) >= 11 is 0. The Kier molecular flexibility index (Phi) is 2.67. The predicted octanol–water partition coefficient (Wildman–Crippen LogP) is -0.317. The van der Waals surface area contributed by atoms with E-state index in [1.807, 2.05) is 0 Å². The van der Waals surface area contributed by atoms with Crippen LogP contribution in [0.3, 0.4) is 0 Å². The number of nitro groups is 4. The highest BCUT2D eigenvalue weighted by Gasteiger charge is 2.87. The van der Waals surface area contributed by atoms with E-state index in [-0.39, 0.29) is 6.42 Å². The van der Waals surface area contributed by atoms with E-state index in [1.54, 1.807) is 0 Å². The van der Waals surface area contributed by atoms with Crippen molar-refractivity contribution in [1.29, 1.82) is 0 Å². The molecule has 0 aromatic rings. The van der Waals surface area contributed by atoms with Gasteiger partial charge < -0.3 is 4.74 Å². The molecule has 0 amide bonds. The van der Waals surface area contributed by atoms with Crippen molar-refractivity contribution in [2.24, 2.45) is 11.8 Å². The molecular weight excluding hydrogens is 308 g/mol. The fourth-order valence-corrected chi connectivity index (χ4v) is 4.33. The highest BCUT2D eigenvalue weighted by atomic mass is 16.7. The van der Waals surface area contributed by atoms with Crippen LogP contribution >= 0.6 is 0 Å². The van der Waals surface area contributed by atoms with Crippen LogP contribution < -0.4 is 0 Å². The minimum Gasteiger partial charge on any atom is -0.345 e. The molecule has 4 fully saturated rings. The molecule has 120 valence electrons. The van der Waals surface area contributed by atoms with E-state index in [1.165, 1.54) is 0 Å². The molecule has 0 N–H and O–H groups in total. The van der Waals surface area contributed by atoms with Crippen molar-refractivity contribution in [3.05, 3.63) is 40.5 Å². The van der Waals surface area contributed by atoms with Crippen LogP contribution in [0.2, 0.25) is 0 Å². The molecule has 13 heteroatoms. The van der Waals surface area contributed by atoms with Gasteiger partial charge in [0.2, 0.25) is 12.2 Å². The Morgan fingerprint density at radius 2 is 1.00 bits per heavy atom. The number of nitrogens with zero attached hydrogens (tertiary/aromatic N) is 4. The molecule has 2 saturated heterocycles. The van der Waals surface area contributed by atoms with Gasteiger partial charge in [0.1, 0.15) is 31.5 Å². The van der Waals surface area contributed by atoms with E-state index in [2.05, 4.69) is 0 Å². The summed E-state index contributed by atoms with van der Waals surface area (Å²) in [6.07, 6.45) is -4.19. The van der Waals surface area contributed by atoms with Gasteiger partial charge in [-0.15, -0.1) is 0 Å². The van der Waals surface area contributed by atoms with Crippen molar-refractivity contribution in [3.63, 3.8) is 0 Å². The molecule has 0 spiro atoms. The van der Waals surface area contributed by atoms with Crippen LogP contribution in [-0.4, -0.2) is 43.2 Å². The van der Waals surface area contributed by atoms with Crippen molar-refractivity contribution < 1.29 is 24.4 Å². The molecule has 4 rings (SSSR count). The summed E-state index contributed by atoms with van der Waals surface area (Å²) in [6.45, 7) is 0. The van der Waals surface area contributed by atoms with E-state index >= 15 is 0 Å². The van der Waals surface area contributed by atoms with Crippen LogP contribution in [0.15, 0.2) is 0 Å². The van der Waals surface area contributed by atoms with Gasteiger partial charge in [0.25, 0.3) is 0 Å². The first-order valence-corrected chi connectivity index (χ1v) is 6.43. The van der Waals surface area contributed by atoms with Gasteiger partial charge in [0.15, 0.2) is 0 Å². The van der Waals surface area contributed by atoms with Crippen LogP contribution in [0, 0.1) is 52.3 Å². The summed E-state index contributed by atoms with van der Waals surface area (Å²) in [6, 6.07) is 0. The topological polar surface area (TPSA) is 182 Å². The van der Waals surface area contributed by atoms with E-state index in [4.69, 9.17) is 4.74 Å². The van der Waals surface area contributed by atoms with Gasteiger partial charge in [0, 0.05) is 12.8 Å². The van der Waals surface area contributed by atoms with E-state index in [0.29, 0.717) is 0 Å². The van der Waals surface area contributed by atoms with E-state index in [9.17, 15) is 40.5 Å². The van der Waals surface area contributed by atoms with Gasteiger partial charge in [-0.3, -0.25) is 40.5 Å². The SMILES string of the molecule is O=[N+]([O-])C1([N+](=O)[O-])C2CC3CC1OC(C2)C3([N+](=O)[O-])[N+](=O)[O-]. The molecule has 0 radical (unpaired) electrons. The third-order valence-corrected chi connectivity index (χ3v) is 5.21. The Morgan fingerprint density at radius 1 is 0.682 bits per heavy atom. The molecule has 0 aromatic heterocycles. The first-order valence-electron chi connectivity index (χ1n) is 6.43. The number of hydrogen-bond acceptors (Lipinski definition) is 9. The minimum atomic E-state index is -2.58. The van der Waals surface area contributed by atoms with Crippen LogP contribution in [-0.2, 0) is 4.74 Å². The summed E-state index contributed by atoms with van der Waals surface area (Å²) in [5.41, 5.74) is -5.15. The van der Waals surface area contributed by atoms with Crippen molar-refractivity contribution in [2.45, 2.75) is 42.8 Å². The lowest BCUT2D eigenvalue weighted by Gasteiger charge is -2.51. The first-order chi connectivity index (χ1) is 10.2. The van der Waals surface area contributed by atoms with E-state index in [0.717, 1.165) is 0 Å². The molecule has 22 heavy (non-hydrogen) atoms. The monoisotopic (exact) mass is 318 g/mol. The van der Waals surface area contributed by atoms with Gasteiger partial charge >= 0.3 is 11.3 Å². The zero-order valence-electron chi connectivity index (χ0n) is 10.9. The largest absolute Gasteiger partial charge is 0.486 e. The Balaban J connectivity index is 2.09. The molecule has 2 aliphatic carbocycles. The lowest BCUT2D eigenvalue weighted by Crippen LogP contribution is -2.79. The molecule has 2 saturated carbocycles. The maximum absolute atomic E-state index is 11.3. The average molecular weight is 318 g/mol. The second-order valence-electron chi connectivity index (χ2n) is 5.81. The Labute approximate surface area is 120 Å². The first kappa shape index (κ1) is 14.5. The second kappa shape index (κ2) is 4.06. The van der Waals surface area contributed by atoms with Crippen LogP contribution in [0.25, 0.3) is 0 Å². The summed E-state index contributed by atoms with van der Waals surface area (Å²) < 4.78 is 5.13. The second-order valence-corrected chi connectivity index (χ2v) is 5.81. The van der Waals surface area contributed by atoms with Gasteiger partial charge in [-0.1, -0.05) is 0 Å². The Morgan fingerprint density at radius 3 is 1.23 bits per heavy atom. The summed E-state index contributed by atoms with van der Waals surface area (Å²) in [5, 5.41) is 45.2. The minimum absolute atomic E-state index is 0.305. The van der Waals surface area contributed by atoms with Crippen molar-refractivity contribution >= 4 is 0 Å². The highest BCUT2D eigenvalue weighted by molar-refractivity contribution is 5.09. The fraction of sp³-hybridized carbons (Fsp3) is 1.00. The van der Waals surface area contributed by atoms with Gasteiger partial charge in [-0.25, -0.2) is 0 Å². The standard InChI is InChI=1S/C9H10N4O9/c14-10(15)8(11(16)17)4-1-5-3-7(8)22-6(2-4)9(5,12(18)19)13(20)21/h4-7H,1-3H2. The molecule has 2 heterocycles. The number of rotatable bonds is 4. The predicted molar refractivity (Wildman–Crippen MR) is 62.9 cm³/mol. The Bertz CT molecular complexity index is 494. The van der Waals surface area contributed by atoms with Crippen molar-refractivity contribution in [1.82, 2.24) is 0 Å². The zero-order chi connectivity index (χ0) is 16.4. The van der Waals surface area contributed by atoms with Gasteiger partial charge in [-0.05, 0) is 6.42 Å². The van der Waals surface area contributed by atoms with Crippen molar-refractivity contribution in [2.75, 3.05) is 0 Å². The summed E-state index contributed by atoms with van der Waals surface area (Å²) in [7, 11) is 0. The van der Waals surface area contributed by atoms with Gasteiger partial charge in [0.05, 0.1) is 0 Å². The molecule has 4 bridgehead atoms. The molecule has 13 nitrogen and oxygen atoms in total. The molecule has 4 unspecified atom stereocenters. The Hall–Kier alpha value is -2.44. The molecule has 0 aromatic carbocycles. The lowest BCUT2D eigenvalue weighted by atomic mass is 9.57. The van der Waals surface area contributed by atoms with Gasteiger partial charge in [-0.2, -0.15) is 0 Å². The third-order valence-electron chi connectivity index (χ3n) is 5.21. The lowest BCUT2D eigenvalue weighted by molar-refractivity contribution is -0.860. The number of hydrogen-bond donors (Lipinski definition) is 0. The van der Waals surface area contributed by atoms with Crippen LogP contribution in [0.4, 0.5) is 0 Å². The summed E-state index contributed by atoms with van der Waals surface area (Å²) in [5.74, 6) is -2.24. The smallest absolute Gasteiger partial charge is 0.345 e. The quantitative estimate of drug-likeness (QED) is 0.381. The maximum Gasteiger partial charge on any atom is 0.486 e. The van der Waals surface area contributed by atoms with Crippen LogP contribution in [0.1, 0.15) is 19.3 Å². The highest BCUT2D eigenvalue weighted by Crippen LogP contribution is 2.58.